The molecular weight excluding hydrogens is 529 g/mol. The molecule has 0 atom stereocenters. The van der Waals surface area contributed by atoms with E-state index < -0.39 is 23.0 Å². The monoisotopic (exact) mass is 555 g/mol. The Balaban J connectivity index is 1.15. The average Bonchev–Trinajstić information content (AvgIpc) is 3.91. The molecule has 1 aromatic heterocycles. The zero-order chi connectivity index (χ0) is 28.6. The minimum atomic E-state index is -1.17. The highest BCUT2D eigenvalue weighted by Crippen LogP contribution is 2.47. The first-order valence-electron chi connectivity index (χ1n) is 13.1. The summed E-state index contributed by atoms with van der Waals surface area (Å²) < 4.78 is 24.6. The molecule has 0 unspecified atom stereocenters. The number of nitrogens with zero attached hydrogens (tertiary/aromatic N) is 2. The Morgan fingerprint density at radius 3 is 2.12 bits per heavy atom. The maximum atomic E-state index is 13.2. The van der Waals surface area contributed by atoms with E-state index in [0.29, 0.717) is 52.2 Å². The Morgan fingerprint density at radius 2 is 1.54 bits per heavy atom. The lowest BCUT2D eigenvalue weighted by molar-refractivity contribution is -0.131. The highest BCUT2D eigenvalue weighted by Gasteiger charge is 2.56. The van der Waals surface area contributed by atoms with Crippen molar-refractivity contribution in [3.8, 4) is 17.4 Å². The van der Waals surface area contributed by atoms with E-state index in [1.807, 2.05) is 0 Å². The third-order valence-electron chi connectivity index (χ3n) is 7.13. The second kappa shape index (κ2) is 10.5. The van der Waals surface area contributed by atoms with Crippen molar-refractivity contribution < 1.29 is 28.2 Å². The number of carbonyl (C=O) groups is 3. The molecule has 2 fully saturated rings. The number of anilines is 2. The predicted octanol–water partition coefficient (Wildman–Crippen LogP) is 4.82. The number of benzene rings is 3. The zero-order valence-electron chi connectivity index (χ0n) is 22.1. The molecule has 3 N–H and O–H groups in total. The fourth-order valence-corrected chi connectivity index (χ4v) is 4.41. The molecule has 0 bridgehead atoms. The number of fused-ring (bicyclic) bond motifs is 1. The van der Waals surface area contributed by atoms with Crippen LogP contribution in [0.4, 0.5) is 15.8 Å². The van der Waals surface area contributed by atoms with Crippen molar-refractivity contribution in [2.75, 3.05) is 17.7 Å². The van der Waals surface area contributed by atoms with Crippen molar-refractivity contribution in [2.24, 2.45) is 5.41 Å². The molecule has 1 heterocycles. The van der Waals surface area contributed by atoms with Crippen LogP contribution in [-0.2, 0) is 9.59 Å². The van der Waals surface area contributed by atoms with Gasteiger partial charge in [0.05, 0.1) is 23.6 Å². The van der Waals surface area contributed by atoms with Crippen molar-refractivity contribution in [1.29, 1.82) is 0 Å². The number of methoxy groups -OCH3 is 1. The Morgan fingerprint density at radius 1 is 0.902 bits per heavy atom. The lowest BCUT2D eigenvalue weighted by Crippen LogP contribution is -2.35. The molecule has 41 heavy (non-hydrogen) atoms. The number of hydrogen-bond acceptors (Lipinski definition) is 7. The normalized spacial score (nSPS) is 15.1. The average molecular weight is 556 g/mol. The second-order valence-corrected chi connectivity index (χ2v) is 10.1. The standard InChI is InChI=1S/C30H26FN5O5/c1-40-25-15-24-22(14-23(25)26(37)34-18-6-7-18)27(33-16-32-24)41-21-10-8-20(9-11-21)36-29(39)30(12-13-30)28(38)35-19-4-2-17(31)3-5-19/h2-5,8-11,14-16,18H,6-7,12-13H2,1H3,(H,34,37)(H,35,38)(H,36,39). The first-order valence-corrected chi connectivity index (χ1v) is 13.1. The summed E-state index contributed by atoms with van der Waals surface area (Å²) in [7, 11) is 1.50. The van der Waals surface area contributed by atoms with Gasteiger partial charge in [0, 0.05) is 23.5 Å². The number of hydrogen-bond donors (Lipinski definition) is 3. The second-order valence-electron chi connectivity index (χ2n) is 10.1. The van der Waals surface area contributed by atoms with Crippen molar-refractivity contribution in [3.05, 3.63) is 78.4 Å². The van der Waals surface area contributed by atoms with Gasteiger partial charge in [-0.3, -0.25) is 14.4 Å². The third kappa shape index (κ3) is 5.51. The molecule has 2 saturated carbocycles. The van der Waals surface area contributed by atoms with Gasteiger partial charge in [0.1, 0.15) is 29.1 Å². The van der Waals surface area contributed by atoms with Crippen LogP contribution in [0.15, 0.2) is 67.0 Å². The Hall–Kier alpha value is -5.06. The van der Waals surface area contributed by atoms with Crippen LogP contribution in [0.1, 0.15) is 36.0 Å². The van der Waals surface area contributed by atoms with Gasteiger partial charge in [0.2, 0.25) is 17.7 Å². The summed E-state index contributed by atoms with van der Waals surface area (Å²) in [4.78, 5) is 47.1. The first kappa shape index (κ1) is 26.2. The van der Waals surface area contributed by atoms with E-state index in [2.05, 4.69) is 25.9 Å². The fourth-order valence-electron chi connectivity index (χ4n) is 4.41. The molecule has 0 saturated heterocycles. The zero-order valence-corrected chi connectivity index (χ0v) is 22.1. The minimum Gasteiger partial charge on any atom is -0.496 e. The van der Waals surface area contributed by atoms with E-state index in [-0.39, 0.29) is 17.8 Å². The van der Waals surface area contributed by atoms with Gasteiger partial charge in [-0.25, -0.2) is 14.4 Å². The Labute approximate surface area is 234 Å². The number of halogens is 1. The molecule has 4 aromatic rings. The summed E-state index contributed by atoms with van der Waals surface area (Å²) in [6, 6.07) is 15.5. The Kier molecular flexibility index (Phi) is 6.70. The van der Waals surface area contributed by atoms with Crippen LogP contribution in [-0.4, -0.2) is 40.8 Å². The maximum absolute atomic E-state index is 13.2. The summed E-state index contributed by atoms with van der Waals surface area (Å²) in [6.45, 7) is 0. The number of carbonyl (C=O) groups excluding carboxylic acids is 3. The molecule has 3 aromatic carbocycles. The number of aromatic nitrogens is 2. The molecule has 0 radical (unpaired) electrons. The van der Waals surface area contributed by atoms with Crippen molar-refractivity contribution in [1.82, 2.24) is 15.3 Å². The summed E-state index contributed by atoms with van der Waals surface area (Å²) in [5.74, 6) is -0.399. The van der Waals surface area contributed by atoms with Gasteiger partial charge >= 0.3 is 0 Å². The van der Waals surface area contributed by atoms with Gasteiger partial charge in [0.15, 0.2) is 0 Å². The Bertz CT molecular complexity index is 1650. The van der Waals surface area contributed by atoms with Crippen LogP contribution in [0.25, 0.3) is 10.9 Å². The van der Waals surface area contributed by atoms with Gasteiger partial charge in [-0.1, -0.05) is 0 Å². The quantitative estimate of drug-likeness (QED) is 0.252. The molecule has 2 aliphatic rings. The lowest BCUT2D eigenvalue weighted by atomic mass is 10.0. The van der Waals surface area contributed by atoms with Gasteiger partial charge in [-0.15, -0.1) is 0 Å². The number of ether oxygens (including phenoxy) is 2. The number of rotatable bonds is 9. The van der Waals surface area contributed by atoms with Gasteiger partial charge in [0.25, 0.3) is 5.91 Å². The molecule has 10 nitrogen and oxygen atoms in total. The SMILES string of the molecule is COc1cc2ncnc(Oc3ccc(NC(=O)C4(C(=O)Nc5ccc(F)cc5)CC4)cc3)c2cc1C(=O)NC1CC1. The topological polar surface area (TPSA) is 132 Å². The summed E-state index contributed by atoms with van der Waals surface area (Å²) in [5, 5.41) is 8.98. The van der Waals surface area contributed by atoms with Crippen LogP contribution in [0.5, 0.6) is 17.4 Å². The van der Waals surface area contributed by atoms with Crippen LogP contribution >= 0.6 is 0 Å². The van der Waals surface area contributed by atoms with E-state index in [1.54, 1.807) is 36.4 Å². The summed E-state index contributed by atoms with van der Waals surface area (Å²) >= 11 is 0. The maximum Gasteiger partial charge on any atom is 0.255 e. The highest BCUT2D eigenvalue weighted by molar-refractivity contribution is 6.16. The van der Waals surface area contributed by atoms with E-state index in [1.165, 1.54) is 37.7 Å². The largest absolute Gasteiger partial charge is 0.496 e. The van der Waals surface area contributed by atoms with Crippen molar-refractivity contribution in [2.45, 2.75) is 31.7 Å². The van der Waals surface area contributed by atoms with Gasteiger partial charge < -0.3 is 25.4 Å². The molecule has 0 spiro atoms. The minimum absolute atomic E-state index is 0.184. The van der Waals surface area contributed by atoms with Crippen molar-refractivity contribution in [3.63, 3.8) is 0 Å². The predicted molar refractivity (Wildman–Crippen MR) is 148 cm³/mol. The number of amides is 3. The number of nitrogens with one attached hydrogen (secondary N) is 3. The van der Waals surface area contributed by atoms with Crippen LogP contribution in [0.2, 0.25) is 0 Å². The van der Waals surface area contributed by atoms with E-state index in [4.69, 9.17) is 9.47 Å². The van der Waals surface area contributed by atoms with Crippen LogP contribution in [0, 0.1) is 11.2 Å². The smallest absolute Gasteiger partial charge is 0.255 e. The molecule has 2 aliphatic carbocycles. The van der Waals surface area contributed by atoms with Crippen LogP contribution < -0.4 is 25.4 Å². The molecule has 3 amide bonds. The lowest BCUT2D eigenvalue weighted by Gasteiger charge is -2.16. The third-order valence-corrected chi connectivity index (χ3v) is 7.13. The van der Waals surface area contributed by atoms with E-state index in [9.17, 15) is 18.8 Å². The van der Waals surface area contributed by atoms with Crippen molar-refractivity contribution >= 4 is 40.0 Å². The summed E-state index contributed by atoms with van der Waals surface area (Å²) in [5.41, 5.74) is 0.644. The molecular formula is C30H26FN5O5. The van der Waals surface area contributed by atoms with Gasteiger partial charge in [-0.2, -0.15) is 0 Å². The molecule has 208 valence electrons. The fraction of sp³-hybridized carbons (Fsp3) is 0.233. The highest BCUT2D eigenvalue weighted by atomic mass is 19.1. The van der Waals surface area contributed by atoms with Gasteiger partial charge in [-0.05, 0) is 80.3 Å². The van der Waals surface area contributed by atoms with Crippen LogP contribution in [0.3, 0.4) is 0 Å². The molecule has 6 rings (SSSR count). The molecule has 11 heteroatoms. The first-order chi connectivity index (χ1) is 19.8. The van der Waals surface area contributed by atoms with E-state index >= 15 is 0 Å². The molecule has 0 aliphatic heterocycles. The van der Waals surface area contributed by atoms with E-state index in [0.717, 1.165) is 12.8 Å². The summed E-state index contributed by atoms with van der Waals surface area (Å²) in [6.07, 6.45) is 4.11.